The monoisotopic (exact) mass is 258 g/mol. The van der Waals surface area contributed by atoms with Gasteiger partial charge in [-0.2, -0.15) is 0 Å². The topological polar surface area (TPSA) is 73.4 Å². The summed E-state index contributed by atoms with van der Waals surface area (Å²) < 4.78 is 0. The molecule has 0 radical (unpaired) electrons. The van der Waals surface area contributed by atoms with Crippen LogP contribution in [0.15, 0.2) is 41.3 Å². The molecule has 0 fully saturated rings. The van der Waals surface area contributed by atoms with Gasteiger partial charge in [0, 0.05) is 31.8 Å². The molecule has 2 rings (SSSR count). The Labute approximate surface area is 109 Å². The van der Waals surface area contributed by atoms with Crippen LogP contribution in [0.25, 0.3) is 10.9 Å². The molecule has 0 bridgehead atoms. The molecule has 0 atom stereocenters. The summed E-state index contributed by atoms with van der Waals surface area (Å²) in [4.78, 5) is 28.1. The molecular weight excluding hydrogens is 244 g/mol. The van der Waals surface area contributed by atoms with Gasteiger partial charge >= 0.3 is 0 Å². The van der Waals surface area contributed by atoms with Crippen molar-refractivity contribution in [3.05, 3.63) is 52.5 Å². The van der Waals surface area contributed by atoms with E-state index in [4.69, 9.17) is 0 Å². The fourth-order valence-corrected chi connectivity index (χ4v) is 1.75. The van der Waals surface area contributed by atoms with Gasteiger partial charge in [0.25, 0.3) is 5.56 Å². The Bertz CT molecular complexity index is 714. The predicted octanol–water partition coefficient (Wildman–Crippen LogP) is 1.49. The van der Waals surface area contributed by atoms with Gasteiger partial charge < -0.3 is 15.0 Å². The highest BCUT2D eigenvalue weighted by atomic mass is 16.3. The average molecular weight is 258 g/mol. The van der Waals surface area contributed by atoms with Gasteiger partial charge in [-0.3, -0.25) is 9.59 Å². The number of aromatic hydroxyl groups is 1. The average Bonchev–Trinajstić information content (AvgIpc) is 2.36. The van der Waals surface area contributed by atoms with Gasteiger partial charge in [0.05, 0.1) is 5.52 Å². The number of rotatable bonds is 3. The normalized spacial score (nSPS) is 11.1. The second-order valence-corrected chi connectivity index (χ2v) is 4.37. The number of nitrogens with one attached hydrogen (secondary N) is 1. The van der Waals surface area contributed by atoms with Crippen molar-refractivity contribution in [3.8, 4) is 5.75 Å². The number of aromatic nitrogens is 1. The lowest BCUT2D eigenvalue weighted by atomic mass is 10.1. The maximum absolute atomic E-state index is 11.9. The quantitative estimate of drug-likeness (QED) is 0.646. The van der Waals surface area contributed by atoms with Crippen molar-refractivity contribution in [2.45, 2.75) is 0 Å². The summed E-state index contributed by atoms with van der Waals surface area (Å²) in [6.07, 6.45) is 2.77. The highest BCUT2D eigenvalue weighted by molar-refractivity contribution is 6.09. The summed E-state index contributed by atoms with van der Waals surface area (Å²) in [6.45, 7) is 0. The molecule has 0 spiro atoms. The van der Waals surface area contributed by atoms with Crippen LogP contribution in [0, 0.1) is 0 Å². The largest absolute Gasteiger partial charge is 0.506 e. The number of allylic oxidation sites excluding steroid dienone is 1. The Hall–Kier alpha value is -2.56. The molecule has 1 heterocycles. The third-order valence-electron chi connectivity index (χ3n) is 2.66. The van der Waals surface area contributed by atoms with Crippen molar-refractivity contribution in [1.82, 2.24) is 9.88 Å². The second-order valence-electron chi connectivity index (χ2n) is 4.37. The van der Waals surface area contributed by atoms with Gasteiger partial charge in [0.15, 0.2) is 5.78 Å². The van der Waals surface area contributed by atoms with Crippen molar-refractivity contribution in [2.75, 3.05) is 14.1 Å². The van der Waals surface area contributed by atoms with Crippen molar-refractivity contribution >= 4 is 16.7 Å². The number of nitrogens with zero attached hydrogens (tertiary/aromatic N) is 1. The van der Waals surface area contributed by atoms with Crippen LogP contribution in [0.5, 0.6) is 5.75 Å². The Balaban J connectivity index is 2.61. The number of H-pyrrole nitrogens is 1. The van der Waals surface area contributed by atoms with E-state index in [0.29, 0.717) is 10.9 Å². The first-order chi connectivity index (χ1) is 9.00. The van der Waals surface area contributed by atoms with Gasteiger partial charge in [-0.05, 0) is 12.1 Å². The minimum absolute atomic E-state index is 0.239. The molecule has 98 valence electrons. The molecule has 2 aromatic rings. The molecule has 2 N–H and O–H groups in total. The summed E-state index contributed by atoms with van der Waals surface area (Å²) in [5.41, 5.74) is -0.334. The number of hydrogen-bond donors (Lipinski definition) is 2. The second kappa shape index (κ2) is 4.97. The van der Waals surface area contributed by atoms with Crippen molar-refractivity contribution in [3.63, 3.8) is 0 Å². The zero-order chi connectivity index (χ0) is 14.0. The fourth-order valence-electron chi connectivity index (χ4n) is 1.75. The van der Waals surface area contributed by atoms with E-state index in [1.54, 1.807) is 43.3 Å². The fraction of sp³-hybridized carbons (Fsp3) is 0.143. The molecule has 0 saturated heterocycles. The molecule has 5 nitrogen and oxygen atoms in total. The number of ketones is 1. The molecular formula is C14H14N2O3. The zero-order valence-electron chi connectivity index (χ0n) is 10.7. The lowest BCUT2D eigenvalue weighted by Crippen LogP contribution is -2.17. The number of benzene rings is 1. The third-order valence-corrected chi connectivity index (χ3v) is 2.66. The Morgan fingerprint density at radius 1 is 1.32 bits per heavy atom. The first-order valence-electron chi connectivity index (χ1n) is 5.73. The highest BCUT2D eigenvalue weighted by Gasteiger charge is 2.16. The molecule has 0 aliphatic rings. The number of fused-ring (bicyclic) bond motifs is 1. The molecule has 1 aromatic carbocycles. The molecule has 0 amide bonds. The Morgan fingerprint density at radius 3 is 2.68 bits per heavy atom. The molecule has 0 saturated carbocycles. The molecule has 0 aliphatic heterocycles. The van der Waals surface area contributed by atoms with Gasteiger partial charge in [-0.25, -0.2) is 0 Å². The Kier molecular flexibility index (Phi) is 3.37. The molecule has 0 aliphatic carbocycles. The third kappa shape index (κ3) is 2.49. The maximum atomic E-state index is 11.9. The van der Waals surface area contributed by atoms with E-state index in [1.165, 1.54) is 12.3 Å². The van der Waals surface area contributed by atoms with E-state index in [-0.39, 0.29) is 11.3 Å². The van der Waals surface area contributed by atoms with E-state index >= 15 is 0 Å². The first kappa shape index (κ1) is 12.9. The number of carbonyl (C=O) groups is 1. The van der Waals surface area contributed by atoms with Crippen LogP contribution in [-0.2, 0) is 0 Å². The van der Waals surface area contributed by atoms with Crippen LogP contribution in [0.4, 0.5) is 0 Å². The van der Waals surface area contributed by atoms with E-state index < -0.39 is 11.3 Å². The van der Waals surface area contributed by atoms with Crippen LogP contribution in [0.2, 0.25) is 0 Å². The van der Waals surface area contributed by atoms with E-state index in [9.17, 15) is 14.7 Å². The SMILES string of the molecule is CN(C)/C=C/C(=O)c1c(O)c2ccccc2[nH]c1=O. The number of pyridine rings is 1. The summed E-state index contributed by atoms with van der Waals surface area (Å²) in [5, 5.41) is 10.5. The standard InChI is InChI=1S/C14H14N2O3/c1-16(2)8-7-11(17)12-13(18)9-5-3-4-6-10(9)15-14(12)19/h3-8H,1-2H3,(H2,15,18,19)/b8-7+. The van der Waals surface area contributed by atoms with E-state index in [2.05, 4.69) is 4.98 Å². The van der Waals surface area contributed by atoms with Crippen molar-refractivity contribution in [2.24, 2.45) is 0 Å². The first-order valence-corrected chi connectivity index (χ1v) is 5.73. The minimum Gasteiger partial charge on any atom is -0.506 e. The van der Waals surface area contributed by atoms with Crippen molar-refractivity contribution < 1.29 is 9.90 Å². The van der Waals surface area contributed by atoms with Crippen LogP contribution in [-0.4, -0.2) is 34.9 Å². The van der Waals surface area contributed by atoms with Crippen LogP contribution in [0.3, 0.4) is 0 Å². The van der Waals surface area contributed by atoms with E-state index in [1.807, 2.05) is 0 Å². The number of aromatic amines is 1. The molecule has 1 aromatic heterocycles. The maximum Gasteiger partial charge on any atom is 0.263 e. The number of para-hydroxylation sites is 1. The minimum atomic E-state index is -0.593. The lowest BCUT2D eigenvalue weighted by Gasteiger charge is -2.06. The lowest BCUT2D eigenvalue weighted by molar-refractivity contribution is 0.104. The summed E-state index contributed by atoms with van der Waals surface area (Å²) in [5.74, 6) is -0.814. The number of hydrogen-bond acceptors (Lipinski definition) is 4. The molecule has 19 heavy (non-hydrogen) atoms. The molecule has 5 heteroatoms. The number of carbonyl (C=O) groups excluding carboxylic acids is 1. The van der Waals surface area contributed by atoms with Gasteiger partial charge in [-0.15, -0.1) is 0 Å². The smallest absolute Gasteiger partial charge is 0.263 e. The van der Waals surface area contributed by atoms with Gasteiger partial charge in [0.2, 0.25) is 0 Å². The van der Waals surface area contributed by atoms with E-state index in [0.717, 1.165) is 0 Å². The zero-order valence-corrected chi connectivity index (χ0v) is 10.7. The predicted molar refractivity (Wildman–Crippen MR) is 73.4 cm³/mol. The molecule has 0 unspecified atom stereocenters. The van der Waals surface area contributed by atoms with Crippen LogP contribution < -0.4 is 5.56 Å². The van der Waals surface area contributed by atoms with Crippen molar-refractivity contribution in [1.29, 1.82) is 0 Å². The summed E-state index contributed by atoms with van der Waals surface area (Å²) >= 11 is 0. The van der Waals surface area contributed by atoms with Crippen LogP contribution >= 0.6 is 0 Å². The summed E-state index contributed by atoms with van der Waals surface area (Å²) in [7, 11) is 3.52. The highest BCUT2D eigenvalue weighted by Crippen LogP contribution is 2.24. The van der Waals surface area contributed by atoms with Gasteiger partial charge in [-0.1, -0.05) is 12.1 Å². The van der Waals surface area contributed by atoms with Crippen LogP contribution in [0.1, 0.15) is 10.4 Å². The Morgan fingerprint density at radius 2 is 2.00 bits per heavy atom. The van der Waals surface area contributed by atoms with Gasteiger partial charge in [0.1, 0.15) is 11.3 Å². The summed E-state index contributed by atoms with van der Waals surface area (Å²) in [6, 6.07) is 6.78.